The number of hydrogen-bond acceptors (Lipinski definition) is 2. The molecular weight excluding hydrogens is 254 g/mol. The first-order valence-electron chi connectivity index (χ1n) is 7.79. The Labute approximate surface area is 122 Å². The molecule has 116 valence electrons. The van der Waals surface area contributed by atoms with Gasteiger partial charge in [0.25, 0.3) is 0 Å². The van der Waals surface area contributed by atoms with E-state index in [2.05, 4.69) is 6.92 Å². The Bertz CT molecular complexity index is 300. The Morgan fingerprint density at radius 1 is 1.00 bits per heavy atom. The van der Waals surface area contributed by atoms with Crippen LogP contribution in [0.3, 0.4) is 0 Å². The molecule has 0 radical (unpaired) electrons. The Hall–Kier alpha value is -1.32. The van der Waals surface area contributed by atoms with E-state index in [1.165, 1.54) is 30.2 Å². The van der Waals surface area contributed by atoms with Crippen molar-refractivity contribution in [3.8, 4) is 0 Å². The maximum atomic E-state index is 11.9. The van der Waals surface area contributed by atoms with E-state index in [9.17, 15) is 9.59 Å². The monoisotopic (exact) mass is 283 g/mol. The van der Waals surface area contributed by atoms with Gasteiger partial charge in [0.15, 0.2) is 0 Å². The molecule has 0 fully saturated rings. The Balaban J connectivity index is 4.07. The van der Waals surface area contributed by atoms with Gasteiger partial charge in [-0.3, -0.25) is 9.59 Å². The van der Waals surface area contributed by atoms with Crippen molar-refractivity contribution in [2.75, 3.05) is 13.1 Å². The fraction of sp³-hybridized carbons (Fsp3) is 0.750. The molecule has 0 bridgehead atoms. The van der Waals surface area contributed by atoms with Crippen LogP contribution >= 0.6 is 0 Å². The highest BCUT2D eigenvalue weighted by Gasteiger charge is 2.13. The smallest absolute Gasteiger partial charge is 0.323 e. The molecule has 1 amide bonds. The third-order valence-corrected chi connectivity index (χ3v) is 3.14. The van der Waals surface area contributed by atoms with Crippen LogP contribution in [0.5, 0.6) is 0 Å². The van der Waals surface area contributed by atoms with Crippen LogP contribution < -0.4 is 0 Å². The van der Waals surface area contributed by atoms with Gasteiger partial charge in [0.1, 0.15) is 6.54 Å². The fourth-order valence-electron chi connectivity index (χ4n) is 1.97. The highest BCUT2D eigenvalue weighted by atomic mass is 16.4. The van der Waals surface area contributed by atoms with E-state index < -0.39 is 5.97 Å². The number of carboxylic acid groups (broad SMARTS) is 1. The van der Waals surface area contributed by atoms with Crippen LogP contribution in [0, 0.1) is 0 Å². The first-order valence-corrected chi connectivity index (χ1v) is 7.79. The molecule has 4 nitrogen and oxygen atoms in total. The summed E-state index contributed by atoms with van der Waals surface area (Å²) < 4.78 is 0. The summed E-state index contributed by atoms with van der Waals surface area (Å²) in [6, 6.07) is 0. The number of rotatable bonds is 12. The molecule has 0 aromatic carbocycles. The van der Waals surface area contributed by atoms with Gasteiger partial charge in [0.2, 0.25) is 5.91 Å². The van der Waals surface area contributed by atoms with Crippen molar-refractivity contribution in [2.45, 2.75) is 65.2 Å². The maximum Gasteiger partial charge on any atom is 0.323 e. The predicted octanol–water partition coefficient (Wildman–Crippen LogP) is 3.62. The van der Waals surface area contributed by atoms with Crippen molar-refractivity contribution in [3.63, 3.8) is 0 Å². The normalized spacial score (nSPS) is 10.9. The van der Waals surface area contributed by atoms with Gasteiger partial charge in [0, 0.05) is 6.54 Å². The quantitative estimate of drug-likeness (QED) is 0.439. The first kappa shape index (κ1) is 18.7. The molecule has 0 aliphatic heterocycles. The number of aliphatic carboxylic acids is 1. The van der Waals surface area contributed by atoms with Crippen LogP contribution in [-0.4, -0.2) is 35.0 Å². The molecule has 0 atom stereocenters. The number of nitrogens with zero attached hydrogens (tertiary/aromatic N) is 1. The Morgan fingerprint density at radius 3 is 2.25 bits per heavy atom. The van der Waals surface area contributed by atoms with Crippen molar-refractivity contribution in [2.24, 2.45) is 0 Å². The number of carboxylic acids is 1. The first-order chi connectivity index (χ1) is 9.61. The summed E-state index contributed by atoms with van der Waals surface area (Å²) in [6.45, 7) is 4.55. The van der Waals surface area contributed by atoms with E-state index in [1.54, 1.807) is 0 Å². The summed E-state index contributed by atoms with van der Waals surface area (Å²) in [5.74, 6) is -1.14. The van der Waals surface area contributed by atoms with Gasteiger partial charge in [-0.15, -0.1) is 0 Å². The molecule has 0 aromatic heterocycles. The van der Waals surface area contributed by atoms with Crippen molar-refractivity contribution in [3.05, 3.63) is 12.2 Å². The third kappa shape index (κ3) is 10.6. The maximum absolute atomic E-state index is 11.9. The highest BCUT2D eigenvalue weighted by Crippen LogP contribution is 2.06. The standard InChI is InChI=1S/C16H29NO3/c1-3-5-7-8-9-11-13-17(14-16(19)20)15(18)12-10-6-4-2/h10,12H,3-9,11,13-14H2,1-2H3,(H,19,20)/b12-10+. The van der Waals surface area contributed by atoms with Crippen molar-refractivity contribution in [1.29, 1.82) is 0 Å². The number of carbonyl (C=O) groups excluding carboxylic acids is 1. The number of carbonyl (C=O) groups is 2. The van der Waals surface area contributed by atoms with Gasteiger partial charge in [0.05, 0.1) is 0 Å². The summed E-state index contributed by atoms with van der Waals surface area (Å²) in [7, 11) is 0. The lowest BCUT2D eigenvalue weighted by Crippen LogP contribution is -2.35. The molecule has 0 rings (SSSR count). The van der Waals surface area contributed by atoms with Crippen LogP contribution in [0.1, 0.15) is 65.2 Å². The average molecular weight is 283 g/mol. The zero-order chi connectivity index (χ0) is 15.2. The van der Waals surface area contributed by atoms with E-state index in [0.717, 1.165) is 32.1 Å². The minimum atomic E-state index is -0.951. The van der Waals surface area contributed by atoms with Crippen LogP contribution in [0.25, 0.3) is 0 Å². The topological polar surface area (TPSA) is 57.6 Å². The number of amides is 1. The summed E-state index contributed by atoms with van der Waals surface area (Å²) in [5.41, 5.74) is 0. The Morgan fingerprint density at radius 2 is 1.65 bits per heavy atom. The van der Waals surface area contributed by atoms with Crippen LogP contribution in [-0.2, 0) is 9.59 Å². The summed E-state index contributed by atoms with van der Waals surface area (Å²) in [5, 5.41) is 8.86. The zero-order valence-corrected chi connectivity index (χ0v) is 12.9. The number of hydrogen-bond donors (Lipinski definition) is 1. The predicted molar refractivity (Wildman–Crippen MR) is 81.6 cm³/mol. The van der Waals surface area contributed by atoms with Crippen LogP contribution in [0.2, 0.25) is 0 Å². The van der Waals surface area contributed by atoms with Gasteiger partial charge in [-0.25, -0.2) is 0 Å². The Kier molecular flexibility index (Phi) is 11.9. The SMILES string of the molecule is CCC/C=C/C(=O)N(CCCCCCCC)CC(=O)O. The van der Waals surface area contributed by atoms with E-state index in [-0.39, 0.29) is 12.5 Å². The van der Waals surface area contributed by atoms with Gasteiger partial charge in [-0.1, -0.05) is 58.4 Å². The second-order valence-electron chi connectivity index (χ2n) is 5.11. The zero-order valence-electron chi connectivity index (χ0n) is 12.9. The molecule has 20 heavy (non-hydrogen) atoms. The second kappa shape index (κ2) is 12.7. The van der Waals surface area contributed by atoms with Crippen molar-refractivity contribution >= 4 is 11.9 Å². The third-order valence-electron chi connectivity index (χ3n) is 3.14. The average Bonchev–Trinajstić information content (AvgIpc) is 2.41. The second-order valence-corrected chi connectivity index (χ2v) is 5.11. The lowest BCUT2D eigenvalue weighted by Gasteiger charge is -2.18. The van der Waals surface area contributed by atoms with Crippen LogP contribution in [0.15, 0.2) is 12.2 Å². The van der Waals surface area contributed by atoms with E-state index in [0.29, 0.717) is 6.54 Å². The number of unbranched alkanes of at least 4 members (excludes halogenated alkanes) is 6. The molecule has 0 aliphatic rings. The summed E-state index contributed by atoms with van der Waals surface area (Å²) in [6.07, 6.45) is 11.9. The molecule has 0 heterocycles. The van der Waals surface area contributed by atoms with E-state index in [1.807, 2.05) is 13.0 Å². The van der Waals surface area contributed by atoms with Gasteiger partial charge in [-0.05, 0) is 18.9 Å². The fourth-order valence-corrected chi connectivity index (χ4v) is 1.97. The molecule has 1 N–H and O–H groups in total. The van der Waals surface area contributed by atoms with Crippen molar-refractivity contribution in [1.82, 2.24) is 4.90 Å². The van der Waals surface area contributed by atoms with E-state index >= 15 is 0 Å². The van der Waals surface area contributed by atoms with E-state index in [4.69, 9.17) is 5.11 Å². The molecule has 0 saturated carbocycles. The molecule has 4 heteroatoms. The highest BCUT2D eigenvalue weighted by molar-refractivity contribution is 5.89. The molecule has 0 unspecified atom stereocenters. The van der Waals surface area contributed by atoms with Gasteiger partial charge >= 0.3 is 5.97 Å². The minimum absolute atomic E-state index is 0.186. The van der Waals surface area contributed by atoms with Crippen LogP contribution in [0.4, 0.5) is 0 Å². The summed E-state index contributed by atoms with van der Waals surface area (Å²) >= 11 is 0. The molecule has 0 aromatic rings. The molecule has 0 spiro atoms. The lowest BCUT2D eigenvalue weighted by molar-refractivity contribution is -0.142. The molecule has 0 saturated heterocycles. The van der Waals surface area contributed by atoms with Crippen molar-refractivity contribution < 1.29 is 14.7 Å². The largest absolute Gasteiger partial charge is 0.480 e. The molecular formula is C16H29NO3. The van der Waals surface area contributed by atoms with Gasteiger partial charge in [-0.2, -0.15) is 0 Å². The minimum Gasteiger partial charge on any atom is -0.480 e. The lowest BCUT2D eigenvalue weighted by atomic mass is 10.1. The number of allylic oxidation sites excluding steroid dienone is 1. The summed E-state index contributed by atoms with van der Waals surface area (Å²) in [4.78, 5) is 24.1. The van der Waals surface area contributed by atoms with Gasteiger partial charge < -0.3 is 10.0 Å². The molecule has 0 aliphatic carbocycles.